The predicted molar refractivity (Wildman–Crippen MR) is 90.2 cm³/mol. The van der Waals surface area contributed by atoms with Crippen LogP contribution in [0.5, 0.6) is 11.5 Å². The Morgan fingerprint density at radius 1 is 1.21 bits per heavy atom. The highest BCUT2D eigenvalue weighted by Crippen LogP contribution is 2.30. The molecular weight excluding hydrogens is 329 g/mol. The van der Waals surface area contributed by atoms with Crippen LogP contribution in [0.4, 0.5) is 4.39 Å². The Kier molecular flexibility index (Phi) is 4.86. The average molecular weight is 343 g/mol. The Bertz CT molecular complexity index is 863. The average Bonchev–Trinajstić information content (AvgIpc) is 3.09. The van der Waals surface area contributed by atoms with Gasteiger partial charge < -0.3 is 9.47 Å². The van der Waals surface area contributed by atoms with Crippen LogP contribution in [0.15, 0.2) is 47.8 Å². The van der Waals surface area contributed by atoms with Crippen molar-refractivity contribution in [3.8, 4) is 22.1 Å². The fourth-order valence-corrected chi connectivity index (χ4v) is 2.99. The minimum atomic E-state index is -0.301. The van der Waals surface area contributed by atoms with Crippen LogP contribution >= 0.6 is 11.3 Å². The smallest absolute Gasteiger partial charge is 0.161 e. The van der Waals surface area contributed by atoms with E-state index in [2.05, 4.69) is 4.98 Å². The van der Waals surface area contributed by atoms with E-state index in [9.17, 15) is 9.18 Å². The van der Waals surface area contributed by atoms with Gasteiger partial charge in [0.25, 0.3) is 0 Å². The van der Waals surface area contributed by atoms with Crippen molar-refractivity contribution in [2.45, 2.75) is 6.61 Å². The standard InChI is InChI=1S/C18H14FNO3S/c1-22-17-8-12(9-21)6-7-16(17)23-10-13-11-24-18(20-13)14-4-2-3-5-15(14)19/h2-9,11H,10H2,1H3. The van der Waals surface area contributed by atoms with Crippen LogP contribution in [0.1, 0.15) is 16.1 Å². The van der Waals surface area contributed by atoms with Crippen molar-refractivity contribution in [2.75, 3.05) is 7.11 Å². The molecule has 3 rings (SSSR count). The molecule has 0 aliphatic heterocycles. The summed E-state index contributed by atoms with van der Waals surface area (Å²) in [5, 5.41) is 2.43. The maximum Gasteiger partial charge on any atom is 0.161 e. The van der Waals surface area contributed by atoms with Gasteiger partial charge in [-0.3, -0.25) is 4.79 Å². The first-order valence-corrected chi connectivity index (χ1v) is 8.04. The Morgan fingerprint density at radius 2 is 2.04 bits per heavy atom. The SMILES string of the molecule is COc1cc(C=O)ccc1OCc1csc(-c2ccccc2F)n1. The van der Waals surface area contributed by atoms with Gasteiger partial charge in [-0.1, -0.05) is 12.1 Å². The van der Waals surface area contributed by atoms with Gasteiger partial charge in [0.15, 0.2) is 11.5 Å². The molecule has 0 atom stereocenters. The molecule has 2 aromatic carbocycles. The normalized spacial score (nSPS) is 10.4. The molecule has 0 unspecified atom stereocenters. The van der Waals surface area contributed by atoms with Crippen LogP contribution in [-0.4, -0.2) is 18.4 Å². The van der Waals surface area contributed by atoms with Crippen LogP contribution < -0.4 is 9.47 Å². The van der Waals surface area contributed by atoms with Crippen LogP contribution in [0, 0.1) is 5.82 Å². The molecule has 3 aromatic rings. The third kappa shape index (κ3) is 3.44. The first-order chi connectivity index (χ1) is 11.7. The predicted octanol–water partition coefficient (Wildman–Crippen LogP) is 4.35. The van der Waals surface area contributed by atoms with Crippen molar-refractivity contribution in [1.82, 2.24) is 4.98 Å². The highest BCUT2D eigenvalue weighted by Gasteiger charge is 2.11. The number of aldehydes is 1. The molecule has 0 radical (unpaired) electrons. The zero-order chi connectivity index (χ0) is 16.9. The lowest BCUT2D eigenvalue weighted by Gasteiger charge is -2.09. The fourth-order valence-electron chi connectivity index (χ4n) is 2.16. The van der Waals surface area contributed by atoms with E-state index in [1.807, 2.05) is 5.38 Å². The Morgan fingerprint density at radius 3 is 2.79 bits per heavy atom. The van der Waals surface area contributed by atoms with Crippen molar-refractivity contribution >= 4 is 17.6 Å². The number of carbonyl (C=O) groups is 1. The summed E-state index contributed by atoms with van der Waals surface area (Å²) >= 11 is 1.36. The third-order valence-electron chi connectivity index (χ3n) is 3.36. The Hall–Kier alpha value is -2.73. The lowest BCUT2D eigenvalue weighted by Crippen LogP contribution is -1.99. The second-order valence-electron chi connectivity index (χ2n) is 4.94. The first kappa shape index (κ1) is 16.1. The van der Waals surface area contributed by atoms with E-state index < -0.39 is 0 Å². The monoisotopic (exact) mass is 343 g/mol. The molecule has 0 aliphatic carbocycles. The molecule has 1 aromatic heterocycles. The largest absolute Gasteiger partial charge is 0.493 e. The second kappa shape index (κ2) is 7.23. The molecule has 4 nitrogen and oxygen atoms in total. The van der Waals surface area contributed by atoms with Gasteiger partial charge in [0.05, 0.1) is 12.8 Å². The number of benzene rings is 2. The van der Waals surface area contributed by atoms with E-state index >= 15 is 0 Å². The van der Waals surface area contributed by atoms with Gasteiger partial charge in [0.2, 0.25) is 0 Å². The number of aromatic nitrogens is 1. The molecule has 0 saturated heterocycles. The van der Waals surface area contributed by atoms with E-state index in [4.69, 9.17) is 9.47 Å². The second-order valence-corrected chi connectivity index (χ2v) is 5.80. The van der Waals surface area contributed by atoms with Crippen molar-refractivity contribution < 1.29 is 18.7 Å². The maximum absolute atomic E-state index is 13.8. The minimum absolute atomic E-state index is 0.224. The van der Waals surface area contributed by atoms with Crippen LogP contribution in [0.2, 0.25) is 0 Å². The Labute approximate surface area is 142 Å². The molecular formula is C18H14FNO3S. The van der Waals surface area contributed by atoms with E-state index in [0.29, 0.717) is 33.3 Å². The van der Waals surface area contributed by atoms with E-state index in [1.165, 1.54) is 24.5 Å². The molecule has 0 amide bonds. The molecule has 0 bridgehead atoms. The molecule has 0 spiro atoms. The lowest BCUT2D eigenvalue weighted by atomic mass is 10.2. The van der Waals surface area contributed by atoms with Crippen molar-refractivity contribution in [3.05, 3.63) is 64.9 Å². The maximum atomic E-state index is 13.8. The number of ether oxygens (including phenoxy) is 2. The number of hydrogen-bond donors (Lipinski definition) is 0. The summed E-state index contributed by atoms with van der Waals surface area (Å²) in [7, 11) is 1.51. The summed E-state index contributed by atoms with van der Waals surface area (Å²) in [6, 6.07) is 11.4. The van der Waals surface area contributed by atoms with Crippen molar-refractivity contribution in [3.63, 3.8) is 0 Å². The number of hydrogen-bond acceptors (Lipinski definition) is 5. The van der Waals surface area contributed by atoms with Gasteiger partial charge in [-0.05, 0) is 30.3 Å². The molecule has 0 aliphatic rings. The summed E-state index contributed by atoms with van der Waals surface area (Å²) < 4.78 is 24.7. The van der Waals surface area contributed by atoms with Gasteiger partial charge in [0, 0.05) is 16.5 Å². The van der Waals surface area contributed by atoms with E-state index in [0.717, 1.165) is 6.29 Å². The van der Waals surface area contributed by atoms with Gasteiger partial charge in [-0.25, -0.2) is 9.37 Å². The van der Waals surface area contributed by atoms with Gasteiger partial charge >= 0.3 is 0 Å². The molecule has 1 heterocycles. The number of nitrogens with zero attached hydrogens (tertiary/aromatic N) is 1. The van der Waals surface area contributed by atoms with Crippen LogP contribution in [0.25, 0.3) is 10.6 Å². The molecule has 6 heteroatoms. The number of rotatable bonds is 6. The molecule has 24 heavy (non-hydrogen) atoms. The summed E-state index contributed by atoms with van der Waals surface area (Å²) in [4.78, 5) is 15.2. The first-order valence-electron chi connectivity index (χ1n) is 7.16. The topological polar surface area (TPSA) is 48.4 Å². The summed E-state index contributed by atoms with van der Waals surface area (Å²) in [6.45, 7) is 0.224. The summed E-state index contributed by atoms with van der Waals surface area (Å²) in [5.74, 6) is 0.693. The fraction of sp³-hybridized carbons (Fsp3) is 0.111. The van der Waals surface area contributed by atoms with Crippen molar-refractivity contribution in [2.24, 2.45) is 0 Å². The quantitative estimate of drug-likeness (QED) is 0.624. The van der Waals surface area contributed by atoms with E-state index in [1.54, 1.807) is 36.4 Å². The molecule has 0 fully saturated rings. The van der Waals surface area contributed by atoms with Gasteiger partial charge in [-0.15, -0.1) is 11.3 Å². The Balaban J connectivity index is 1.74. The number of methoxy groups -OCH3 is 1. The third-order valence-corrected chi connectivity index (χ3v) is 4.28. The molecule has 122 valence electrons. The van der Waals surface area contributed by atoms with Crippen LogP contribution in [0.3, 0.4) is 0 Å². The molecule has 0 saturated carbocycles. The van der Waals surface area contributed by atoms with Gasteiger partial charge in [0.1, 0.15) is 23.7 Å². The van der Waals surface area contributed by atoms with Crippen molar-refractivity contribution in [1.29, 1.82) is 0 Å². The highest BCUT2D eigenvalue weighted by molar-refractivity contribution is 7.13. The lowest BCUT2D eigenvalue weighted by molar-refractivity contribution is 0.112. The summed E-state index contributed by atoms with van der Waals surface area (Å²) in [5.41, 5.74) is 1.68. The molecule has 0 N–H and O–H groups in total. The van der Waals surface area contributed by atoms with Crippen LogP contribution in [-0.2, 0) is 6.61 Å². The van der Waals surface area contributed by atoms with Gasteiger partial charge in [-0.2, -0.15) is 0 Å². The minimum Gasteiger partial charge on any atom is -0.493 e. The summed E-state index contributed by atoms with van der Waals surface area (Å²) in [6.07, 6.45) is 0.743. The zero-order valence-electron chi connectivity index (χ0n) is 12.9. The highest BCUT2D eigenvalue weighted by atomic mass is 32.1. The number of thiazole rings is 1. The number of halogens is 1. The zero-order valence-corrected chi connectivity index (χ0v) is 13.7. The van der Waals surface area contributed by atoms with E-state index in [-0.39, 0.29) is 12.4 Å². The number of carbonyl (C=O) groups excluding carboxylic acids is 1.